The van der Waals surface area contributed by atoms with E-state index in [1.807, 2.05) is 37.2 Å². The van der Waals surface area contributed by atoms with Crippen molar-refractivity contribution in [3.63, 3.8) is 0 Å². The van der Waals surface area contributed by atoms with Gasteiger partial charge < -0.3 is 19.4 Å². The number of hydrogen-bond donors (Lipinski definition) is 0. The molecular weight excluding hydrogens is 432 g/mol. The maximum atomic E-state index is 5.38. The Morgan fingerprint density at radius 1 is 1.15 bits per heavy atom. The number of anilines is 1. The fourth-order valence-corrected chi connectivity index (χ4v) is 1.77. The van der Waals surface area contributed by atoms with Crippen molar-refractivity contribution in [1.82, 2.24) is 4.98 Å². The van der Waals surface area contributed by atoms with Crippen LogP contribution in [0.3, 0.4) is 0 Å². The summed E-state index contributed by atoms with van der Waals surface area (Å²) in [6.45, 7) is 0. The molecule has 0 fully saturated rings. The Kier molecular flexibility index (Phi) is 5.99. The molecule has 0 atom stereocenters. The first-order valence-electron chi connectivity index (χ1n) is 5.93. The molecule has 0 saturated carbocycles. The van der Waals surface area contributed by atoms with E-state index >= 15 is 0 Å². The number of benzene rings is 1. The van der Waals surface area contributed by atoms with E-state index < -0.39 is 0 Å². The van der Waals surface area contributed by atoms with Crippen LogP contribution in [0.5, 0.6) is 11.5 Å². The predicted molar refractivity (Wildman–Crippen MR) is 75.9 cm³/mol. The fourth-order valence-electron chi connectivity index (χ4n) is 1.77. The summed E-state index contributed by atoms with van der Waals surface area (Å²) in [7, 11) is 7.23. The first-order chi connectivity index (χ1) is 9.15. The molecular formula is C15H17IrN2O2-. The van der Waals surface area contributed by atoms with Gasteiger partial charge in [-0.2, -0.15) is 0 Å². The van der Waals surface area contributed by atoms with Crippen LogP contribution in [0.25, 0.3) is 11.3 Å². The molecule has 0 N–H and O–H groups in total. The molecule has 0 amide bonds. The number of aromatic nitrogens is 1. The summed E-state index contributed by atoms with van der Waals surface area (Å²) >= 11 is 0. The van der Waals surface area contributed by atoms with Gasteiger partial charge in [0.25, 0.3) is 0 Å². The third-order valence-corrected chi connectivity index (χ3v) is 2.85. The molecule has 2 rings (SSSR count). The molecule has 1 radical (unpaired) electrons. The molecule has 0 aliphatic carbocycles. The molecule has 1 aromatic carbocycles. The first-order valence-corrected chi connectivity index (χ1v) is 5.93. The van der Waals surface area contributed by atoms with Crippen LogP contribution in [0.2, 0.25) is 0 Å². The van der Waals surface area contributed by atoms with Gasteiger partial charge in [0, 0.05) is 57.6 Å². The second-order valence-electron chi connectivity index (χ2n) is 4.28. The Morgan fingerprint density at radius 3 is 2.50 bits per heavy atom. The minimum absolute atomic E-state index is 0. The normalized spacial score (nSPS) is 9.60. The number of hydrogen-bond acceptors (Lipinski definition) is 4. The van der Waals surface area contributed by atoms with E-state index in [1.165, 1.54) is 0 Å². The topological polar surface area (TPSA) is 34.6 Å². The van der Waals surface area contributed by atoms with Gasteiger partial charge >= 0.3 is 0 Å². The summed E-state index contributed by atoms with van der Waals surface area (Å²) in [5.41, 5.74) is 2.73. The van der Waals surface area contributed by atoms with Gasteiger partial charge in [-0.3, -0.25) is 0 Å². The van der Waals surface area contributed by atoms with Gasteiger partial charge in [0.2, 0.25) is 0 Å². The summed E-state index contributed by atoms with van der Waals surface area (Å²) in [5.74, 6) is 1.41. The molecule has 0 unspecified atom stereocenters. The Balaban J connectivity index is 0.00000200. The monoisotopic (exact) mass is 450 g/mol. The Bertz CT molecular complexity index is 574. The number of methoxy groups -OCH3 is 2. The molecule has 0 aliphatic heterocycles. The van der Waals surface area contributed by atoms with E-state index in [0.717, 1.165) is 16.9 Å². The van der Waals surface area contributed by atoms with Crippen molar-refractivity contribution >= 4 is 5.69 Å². The maximum absolute atomic E-state index is 5.38. The van der Waals surface area contributed by atoms with Crippen LogP contribution in [0.15, 0.2) is 30.5 Å². The van der Waals surface area contributed by atoms with Crippen LogP contribution in [-0.2, 0) is 20.1 Å². The molecule has 1 heterocycles. The maximum Gasteiger partial charge on any atom is 0.0647 e. The molecule has 109 valence electrons. The Morgan fingerprint density at radius 2 is 1.90 bits per heavy atom. The van der Waals surface area contributed by atoms with Crippen LogP contribution < -0.4 is 14.4 Å². The summed E-state index contributed by atoms with van der Waals surface area (Å²) in [6, 6.07) is 10.7. The summed E-state index contributed by atoms with van der Waals surface area (Å²) in [6.07, 6.45) is 1.78. The van der Waals surface area contributed by atoms with E-state index in [1.54, 1.807) is 26.5 Å². The summed E-state index contributed by atoms with van der Waals surface area (Å²) < 4.78 is 10.5. The van der Waals surface area contributed by atoms with Crippen LogP contribution in [-0.4, -0.2) is 33.3 Å². The zero-order valence-electron chi connectivity index (χ0n) is 11.9. The molecule has 0 bridgehead atoms. The summed E-state index contributed by atoms with van der Waals surface area (Å²) in [4.78, 5) is 6.41. The molecule has 0 spiro atoms. The number of ether oxygens (including phenoxy) is 2. The van der Waals surface area contributed by atoms with Crippen LogP contribution in [0, 0.1) is 6.07 Å². The second-order valence-corrected chi connectivity index (χ2v) is 4.28. The van der Waals surface area contributed by atoms with E-state index in [-0.39, 0.29) is 20.1 Å². The van der Waals surface area contributed by atoms with Gasteiger partial charge in [0.15, 0.2) is 0 Å². The molecule has 4 nitrogen and oxygen atoms in total. The van der Waals surface area contributed by atoms with Crippen molar-refractivity contribution in [3.05, 3.63) is 36.5 Å². The van der Waals surface area contributed by atoms with Crippen molar-refractivity contribution in [1.29, 1.82) is 0 Å². The molecule has 20 heavy (non-hydrogen) atoms. The zero-order valence-corrected chi connectivity index (χ0v) is 14.3. The van der Waals surface area contributed by atoms with E-state index in [2.05, 4.69) is 11.1 Å². The molecule has 1 aromatic heterocycles. The van der Waals surface area contributed by atoms with Gasteiger partial charge in [0.05, 0.1) is 14.2 Å². The van der Waals surface area contributed by atoms with Crippen molar-refractivity contribution in [2.75, 3.05) is 33.2 Å². The molecule has 0 saturated heterocycles. The first kappa shape index (κ1) is 16.5. The Hall–Kier alpha value is -1.58. The van der Waals surface area contributed by atoms with Crippen LogP contribution in [0.1, 0.15) is 0 Å². The number of nitrogens with zero attached hydrogens (tertiary/aromatic N) is 2. The van der Waals surface area contributed by atoms with E-state index in [9.17, 15) is 0 Å². The minimum atomic E-state index is 0. The van der Waals surface area contributed by atoms with Crippen molar-refractivity contribution in [3.8, 4) is 22.8 Å². The molecule has 0 aliphatic rings. The third kappa shape index (κ3) is 3.50. The number of rotatable bonds is 4. The minimum Gasteiger partial charge on any atom is -0.540 e. The third-order valence-electron chi connectivity index (χ3n) is 2.85. The second kappa shape index (κ2) is 7.27. The van der Waals surface area contributed by atoms with E-state index in [0.29, 0.717) is 11.5 Å². The van der Waals surface area contributed by atoms with Crippen LogP contribution >= 0.6 is 0 Å². The van der Waals surface area contributed by atoms with Gasteiger partial charge in [-0.15, -0.1) is 12.1 Å². The van der Waals surface area contributed by atoms with Crippen molar-refractivity contribution in [2.24, 2.45) is 0 Å². The fraction of sp³-hybridized carbons (Fsp3) is 0.267. The number of pyridine rings is 1. The van der Waals surface area contributed by atoms with E-state index in [4.69, 9.17) is 9.47 Å². The summed E-state index contributed by atoms with van der Waals surface area (Å²) in [5, 5.41) is 0. The van der Waals surface area contributed by atoms with Gasteiger partial charge in [-0.25, -0.2) is 0 Å². The smallest absolute Gasteiger partial charge is 0.0647 e. The molecule has 2 aromatic rings. The Labute approximate surface area is 133 Å². The van der Waals surface area contributed by atoms with Crippen LogP contribution in [0.4, 0.5) is 5.69 Å². The van der Waals surface area contributed by atoms with Gasteiger partial charge in [0.1, 0.15) is 0 Å². The largest absolute Gasteiger partial charge is 0.540 e. The van der Waals surface area contributed by atoms with Gasteiger partial charge in [-0.1, -0.05) is 17.7 Å². The van der Waals surface area contributed by atoms with Crippen molar-refractivity contribution in [2.45, 2.75) is 0 Å². The average Bonchev–Trinajstić information content (AvgIpc) is 2.46. The predicted octanol–water partition coefficient (Wildman–Crippen LogP) is 2.63. The molecule has 5 heteroatoms. The average molecular weight is 450 g/mol. The zero-order chi connectivity index (χ0) is 13.8. The quantitative estimate of drug-likeness (QED) is 0.673. The van der Waals surface area contributed by atoms with Crippen molar-refractivity contribution < 1.29 is 29.6 Å². The standard InChI is InChI=1S/C15H17N2O2.Ir/c1-17(2)11-7-8-16-14(9-11)13-6-5-12(18-3)10-15(13)19-4;/h5,7-10H,1-4H3;/q-1;. The SMILES string of the molecule is COc1c[c-]c(-c2cc(N(C)C)ccn2)c(OC)c1.[Ir]. The van der Waals surface area contributed by atoms with Gasteiger partial charge in [-0.05, 0) is 11.8 Å².